The lowest BCUT2D eigenvalue weighted by Gasteiger charge is -2.37. The van der Waals surface area contributed by atoms with Gasteiger partial charge in [0.2, 0.25) is 11.3 Å². The number of aryl methyl sites for hydroxylation is 2. The maximum atomic E-state index is 13.8. The molecule has 1 saturated carbocycles. The molecule has 1 atom stereocenters. The minimum atomic E-state index is -0.961. The normalized spacial score (nSPS) is 17.1. The maximum Gasteiger partial charge on any atom is 0.275 e. The molecule has 202 valence electrons. The number of aromatic hydroxyl groups is 1. The summed E-state index contributed by atoms with van der Waals surface area (Å²) in [4.78, 5) is 54.8. The Morgan fingerprint density at radius 1 is 0.974 bits per heavy atom. The number of nitrogens with zero attached hydrogens (tertiary/aromatic N) is 2. The van der Waals surface area contributed by atoms with Crippen molar-refractivity contribution in [2.24, 2.45) is 0 Å². The van der Waals surface area contributed by atoms with Crippen LogP contribution in [0.5, 0.6) is 5.75 Å². The monoisotopic (exact) mass is 528 g/mol. The molecule has 5 rings (SSSR count). The van der Waals surface area contributed by atoms with E-state index in [0.717, 1.165) is 42.4 Å². The van der Waals surface area contributed by atoms with Crippen LogP contribution in [0.2, 0.25) is 0 Å². The molecule has 0 radical (unpaired) electrons. The summed E-state index contributed by atoms with van der Waals surface area (Å²) in [6.45, 7) is 3.84. The van der Waals surface area contributed by atoms with Gasteiger partial charge < -0.3 is 25.2 Å². The largest absolute Gasteiger partial charge is 0.503 e. The predicted octanol–water partition coefficient (Wildman–Crippen LogP) is 3.51. The zero-order valence-electron chi connectivity index (χ0n) is 22.1. The summed E-state index contributed by atoms with van der Waals surface area (Å²) in [5, 5.41) is 16.7. The van der Waals surface area contributed by atoms with Crippen molar-refractivity contribution < 1.29 is 19.5 Å². The molecule has 2 aromatic carbocycles. The van der Waals surface area contributed by atoms with Crippen molar-refractivity contribution in [1.29, 1.82) is 0 Å². The summed E-state index contributed by atoms with van der Waals surface area (Å²) in [5.41, 5.74) is 1.84. The molecule has 3 amide bonds. The lowest BCUT2D eigenvalue weighted by molar-refractivity contribution is -0.121. The first kappa shape index (κ1) is 26.2. The Balaban J connectivity index is 1.53. The van der Waals surface area contributed by atoms with Crippen molar-refractivity contribution in [3.8, 4) is 5.75 Å². The Morgan fingerprint density at radius 3 is 2.31 bits per heavy atom. The Labute approximate surface area is 226 Å². The van der Waals surface area contributed by atoms with E-state index in [1.165, 1.54) is 15.7 Å². The molecule has 0 spiro atoms. The molecule has 9 nitrogen and oxygen atoms in total. The first-order valence-electron chi connectivity index (χ1n) is 13.2. The molecule has 0 saturated heterocycles. The van der Waals surface area contributed by atoms with E-state index in [2.05, 4.69) is 10.6 Å². The number of para-hydroxylation sites is 1. The Bertz CT molecular complexity index is 1470. The molecule has 1 fully saturated rings. The number of carbonyl (C=O) groups excluding carboxylic acids is 3. The molecule has 39 heavy (non-hydrogen) atoms. The van der Waals surface area contributed by atoms with Gasteiger partial charge in [0.25, 0.3) is 11.8 Å². The first-order valence-corrected chi connectivity index (χ1v) is 13.2. The van der Waals surface area contributed by atoms with E-state index in [1.54, 1.807) is 0 Å². The smallest absolute Gasteiger partial charge is 0.275 e. The third-order valence-electron chi connectivity index (χ3n) is 7.63. The van der Waals surface area contributed by atoms with Gasteiger partial charge in [-0.1, -0.05) is 61.4 Å². The fourth-order valence-electron chi connectivity index (χ4n) is 5.48. The van der Waals surface area contributed by atoms with E-state index in [9.17, 15) is 24.3 Å². The van der Waals surface area contributed by atoms with Crippen molar-refractivity contribution >= 4 is 23.4 Å². The molecular weight excluding hydrogens is 496 g/mol. The van der Waals surface area contributed by atoms with E-state index in [0.29, 0.717) is 5.69 Å². The van der Waals surface area contributed by atoms with Crippen LogP contribution in [-0.4, -0.2) is 44.4 Å². The molecule has 3 N–H and O–H groups in total. The van der Waals surface area contributed by atoms with Crippen LogP contribution in [0, 0.1) is 13.8 Å². The van der Waals surface area contributed by atoms with E-state index in [-0.39, 0.29) is 30.4 Å². The third kappa shape index (κ3) is 5.16. The number of amides is 3. The third-order valence-corrected chi connectivity index (χ3v) is 7.63. The highest BCUT2D eigenvalue weighted by atomic mass is 16.3. The topological polar surface area (TPSA) is 121 Å². The maximum absolute atomic E-state index is 13.8. The summed E-state index contributed by atoms with van der Waals surface area (Å²) in [7, 11) is 0. The summed E-state index contributed by atoms with van der Waals surface area (Å²) in [6.07, 6.45) is 4.96. The van der Waals surface area contributed by atoms with Gasteiger partial charge in [-0.2, -0.15) is 0 Å². The Kier molecular flexibility index (Phi) is 7.24. The highest BCUT2D eigenvalue weighted by Gasteiger charge is 2.40. The van der Waals surface area contributed by atoms with Crippen LogP contribution < -0.4 is 16.1 Å². The summed E-state index contributed by atoms with van der Waals surface area (Å²) in [5.74, 6) is -2.44. The SMILES string of the molecule is Cc1cccc(C)c1NC(=O)C1Cn2cc(C(=O)NC3CCCC3)c(=O)c(O)c2C(=O)N1Cc1ccccc1. The zero-order chi connectivity index (χ0) is 27.7. The minimum absolute atomic E-state index is 0.0288. The van der Waals surface area contributed by atoms with Crippen LogP contribution >= 0.6 is 0 Å². The van der Waals surface area contributed by atoms with Gasteiger partial charge in [-0.05, 0) is 43.4 Å². The highest BCUT2D eigenvalue weighted by molar-refractivity contribution is 6.04. The second kappa shape index (κ2) is 10.8. The zero-order valence-corrected chi connectivity index (χ0v) is 22.1. The lowest BCUT2D eigenvalue weighted by Crippen LogP contribution is -2.54. The number of rotatable bonds is 6. The number of aromatic nitrogens is 1. The summed E-state index contributed by atoms with van der Waals surface area (Å²) in [6, 6.07) is 13.9. The second-order valence-electron chi connectivity index (χ2n) is 10.4. The van der Waals surface area contributed by atoms with Gasteiger partial charge in [-0.15, -0.1) is 0 Å². The number of hydrogen-bond acceptors (Lipinski definition) is 5. The number of pyridine rings is 1. The van der Waals surface area contributed by atoms with E-state index >= 15 is 0 Å². The molecule has 1 unspecified atom stereocenters. The van der Waals surface area contributed by atoms with Crippen LogP contribution in [-0.2, 0) is 17.9 Å². The molecule has 1 aliphatic carbocycles. The highest BCUT2D eigenvalue weighted by Crippen LogP contribution is 2.28. The standard InChI is InChI=1S/C30H32N4O5/c1-18-9-8-10-19(2)24(18)32-29(38)23-17-33-16-22(28(37)31-21-13-6-7-14-21)26(35)27(36)25(33)30(39)34(23)15-20-11-4-3-5-12-20/h3-5,8-12,16,21,23,36H,6-7,13-15,17H2,1-2H3,(H,31,37)(H,32,38). The van der Waals surface area contributed by atoms with Crippen molar-refractivity contribution in [1.82, 2.24) is 14.8 Å². The van der Waals surface area contributed by atoms with Gasteiger partial charge >= 0.3 is 0 Å². The molecule has 2 aliphatic rings. The lowest BCUT2D eigenvalue weighted by atomic mass is 10.0. The van der Waals surface area contributed by atoms with E-state index in [1.807, 2.05) is 62.4 Å². The fourth-order valence-corrected chi connectivity index (χ4v) is 5.48. The molecule has 3 aromatic rings. The summed E-state index contributed by atoms with van der Waals surface area (Å²) >= 11 is 0. The van der Waals surface area contributed by atoms with Gasteiger partial charge in [-0.3, -0.25) is 19.2 Å². The Morgan fingerprint density at radius 2 is 1.64 bits per heavy atom. The van der Waals surface area contributed by atoms with Gasteiger partial charge in [0.15, 0.2) is 11.4 Å². The van der Waals surface area contributed by atoms with Crippen LogP contribution in [0.25, 0.3) is 0 Å². The van der Waals surface area contributed by atoms with E-state index in [4.69, 9.17) is 0 Å². The number of benzene rings is 2. The number of anilines is 1. The van der Waals surface area contributed by atoms with Gasteiger partial charge in [0, 0.05) is 24.5 Å². The average Bonchev–Trinajstić information content (AvgIpc) is 3.43. The molecule has 1 aromatic heterocycles. The molecule has 2 heterocycles. The molecule has 1 aliphatic heterocycles. The second-order valence-corrected chi connectivity index (χ2v) is 10.4. The number of fused-ring (bicyclic) bond motifs is 1. The van der Waals surface area contributed by atoms with Gasteiger partial charge in [0.05, 0.1) is 6.54 Å². The predicted molar refractivity (Wildman–Crippen MR) is 147 cm³/mol. The molecule has 0 bridgehead atoms. The molecular formula is C30H32N4O5. The van der Waals surface area contributed by atoms with Crippen molar-refractivity contribution in [2.45, 2.75) is 64.7 Å². The van der Waals surface area contributed by atoms with Crippen LogP contribution in [0.3, 0.4) is 0 Å². The fraction of sp³-hybridized carbons (Fsp3) is 0.333. The quantitative estimate of drug-likeness (QED) is 0.452. The van der Waals surface area contributed by atoms with Crippen molar-refractivity contribution in [3.05, 3.63) is 92.9 Å². The number of carbonyl (C=O) groups is 3. The van der Waals surface area contributed by atoms with E-state index < -0.39 is 34.9 Å². The van der Waals surface area contributed by atoms with Crippen LogP contribution in [0.15, 0.2) is 59.5 Å². The first-order chi connectivity index (χ1) is 18.7. The Hall–Kier alpha value is -4.40. The van der Waals surface area contributed by atoms with Crippen LogP contribution in [0.4, 0.5) is 5.69 Å². The van der Waals surface area contributed by atoms with Crippen molar-refractivity contribution in [2.75, 3.05) is 5.32 Å². The van der Waals surface area contributed by atoms with Crippen molar-refractivity contribution in [3.63, 3.8) is 0 Å². The van der Waals surface area contributed by atoms with Gasteiger partial charge in [0.1, 0.15) is 11.6 Å². The number of hydrogen-bond donors (Lipinski definition) is 3. The number of nitrogens with one attached hydrogen (secondary N) is 2. The van der Waals surface area contributed by atoms with Gasteiger partial charge in [-0.25, -0.2) is 0 Å². The molecule has 9 heteroatoms. The minimum Gasteiger partial charge on any atom is -0.503 e. The average molecular weight is 529 g/mol. The summed E-state index contributed by atoms with van der Waals surface area (Å²) < 4.78 is 1.36. The van der Waals surface area contributed by atoms with Crippen LogP contribution in [0.1, 0.15) is 63.2 Å².